The van der Waals surface area contributed by atoms with Crippen LogP contribution in [0.2, 0.25) is 0 Å². The van der Waals surface area contributed by atoms with E-state index in [2.05, 4.69) is 4.99 Å². The van der Waals surface area contributed by atoms with Crippen molar-refractivity contribution in [1.29, 1.82) is 0 Å². The first kappa shape index (κ1) is 13.7. The van der Waals surface area contributed by atoms with Crippen LogP contribution < -0.4 is 4.80 Å². The number of para-hydroxylation sites is 1. The van der Waals surface area contributed by atoms with E-state index in [1.165, 1.54) is 29.5 Å². The Morgan fingerprint density at radius 1 is 1.24 bits per heavy atom. The molecule has 0 N–H and O–H groups in total. The van der Waals surface area contributed by atoms with E-state index >= 15 is 0 Å². The summed E-state index contributed by atoms with van der Waals surface area (Å²) in [6.07, 6.45) is 0. The maximum absolute atomic E-state index is 13.2. The Morgan fingerprint density at radius 2 is 2.00 bits per heavy atom. The van der Waals surface area contributed by atoms with Gasteiger partial charge in [0.2, 0.25) is 0 Å². The Balaban J connectivity index is 2.14. The Morgan fingerprint density at radius 3 is 2.71 bits per heavy atom. The standard InChI is InChI=1S/C16H13FN2OS/c1-10-5-3-8-13-14(10)19(2)16(21-13)18-15(20)11-6-4-7-12(17)9-11/h3-9H,1-2H3. The fourth-order valence-corrected chi connectivity index (χ4v) is 3.37. The fourth-order valence-electron chi connectivity index (χ4n) is 2.28. The van der Waals surface area contributed by atoms with Crippen molar-refractivity contribution >= 4 is 27.5 Å². The number of aromatic nitrogens is 1. The third-order valence-corrected chi connectivity index (χ3v) is 4.39. The first-order valence-corrected chi connectivity index (χ1v) is 7.27. The predicted molar refractivity (Wildman–Crippen MR) is 81.8 cm³/mol. The zero-order valence-corrected chi connectivity index (χ0v) is 12.4. The van der Waals surface area contributed by atoms with Crippen LogP contribution in [0.15, 0.2) is 47.5 Å². The second-order valence-electron chi connectivity index (χ2n) is 4.79. The minimum atomic E-state index is -0.437. The number of fused-ring (bicyclic) bond motifs is 1. The number of halogens is 1. The number of thiazole rings is 1. The van der Waals surface area contributed by atoms with Gasteiger partial charge in [0.05, 0.1) is 10.2 Å². The number of hydrogen-bond donors (Lipinski definition) is 0. The number of hydrogen-bond acceptors (Lipinski definition) is 2. The van der Waals surface area contributed by atoms with Crippen LogP contribution in [0.4, 0.5) is 4.39 Å². The van der Waals surface area contributed by atoms with Crippen LogP contribution in [-0.2, 0) is 7.05 Å². The van der Waals surface area contributed by atoms with Gasteiger partial charge in [0.15, 0.2) is 4.80 Å². The summed E-state index contributed by atoms with van der Waals surface area (Å²) in [5.41, 5.74) is 2.45. The summed E-state index contributed by atoms with van der Waals surface area (Å²) in [5.74, 6) is -0.873. The van der Waals surface area contributed by atoms with Crippen molar-refractivity contribution in [1.82, 2.24) is 4.57 Å². The largest absolute Gasteiger partial charge is 0.319 e. The van der Waals surface area contributed by atoms with Crippen molar-refractivity contribution in [2.45, 2.75) is 6.92 Å². The third kappa shape index (κ3) is 2.52. The van der Waals surface area contributed by atoms with Gasteiger partial charge in [-0.05, 0) is 36.8 Å². The summed E-state index contributed by atoms with van der Waals surface area (Å²) in [4.78, 5) is 16.9. The molecule has 0 saturated heterocycles. The molecular weight excluding hydrogens is 287 g/mol. The minimum Gasteiger partial charge on any atom is -0.319 e. The van der Waals surface area contributed by atoms with Gasteiger partial charge in [0.25, 0.3) is 5.91 Å². The maximum atomic E-state index is 13.2. The highest BCUT2D eigenvalue weighted by molar-refractivity contribution is 7.16. The predicted octanol–water partition coefficient (Wildman–Crippen LogP) is 3.43. The summed E-state index contributed by atoms with van der Waals surface area (Å²) < 4.78 is 16.1. The van der Waals surface area contributed by atoms with Gasteiger partial charge in [-0.3, -0.25) is 4.79 Å². The molecule has 0 spiro atoms. The second-order valence-corrected chi connectivity index (χ2v) is 5.80. The van der Waals surface area contributed by atoms with E-state index in [0.29, 0.717) is 4.80 Å². The number of aryl methyl sites for hydroxylation is 2. The van der Waals surface area contributed by atoms with E-state index in [1.807, 2.05) is 36.7 Å². The van der Waals surface area contributed by atoms with E-state index in [4.69, 9.17) is 0 Å². The fraction of sp³-hybridized carbons (Fsp3) is 0.125. The summed E-state index contributed by atoms with van der Waals surface area (Å²) >= 11 is 1.45. The normalized spacial score (nSPS) is 12.0. The lowest BCUT2D eigenvalue weighted by Crippen LogP contribution is -2.13. The first-order valence-electron chi connectivity index (χ1n) is 6.46. The van der Waals surface area contributed by atoms with Crippen molar-refractivity contribution in [3.05, 3.63) is 64.2 Å². The topological polar surface area (TPSA) is 34.4 Å². The molecule has 1 aromatic heterocycles. The number of carbonyl (C=O) groups is 1. The van der Waals surface area contributed by atoms with Gasteiger partial charge < -0.3 is 4.57 Å². The summed E-state index contributed by atoms with van der Waals surface area (Å²) in [6, 6.07) is 11.6. The molecule has 3 rings (SSSR count). The molecule has 0 atom stereocenters. The lowest BCUT2D eigenvalue weighted by Gasteiger charge is -1.99. The molecule has 1 heterocycles. The Labute approximate surface area is 125 Å². The molecule has 0 fully saturated rings. The molecule has 106 valence electrons. The van der Waals surface area contributed by atoms with E-state index in [1.54, 1.807) is 6.07 Å². The molecule has 0 aliphatic rings. The van der Waals surface area contributed by atoms with Gasteiger partial charge in [0, 0.05) is 12.6 Å². The second kappa shape index (κ2) is 5.26. The zero-order chi connectivity index (χ0) is 15.0. The number of nitrogens with zero attached hydrogens (tertiary/aromatic N) is 2. The number of rotatable bonds is 1. The van der Waals surface area contributed by atoms with Gasteiger partial charge in [0.1, 0.15) is 5.82 Å². The van der Waals surface area contributed by atoms with Gasteiger partial charge in [-0.25, -0.2) is 4.39 Å². The van der Waals surface area contributed by atoms with Gasteiger partial charge in [-0.2, -0.15) is 4.99 Å². The van der Waals surface area contributed by atoms with Gasteiger partial charge in [-0.15, -0.1) is 0 Å². The molecule has 0 unspecified atom stereocenters. The number of carbonyl (C=O) groups excluding carboxylic acids is 1. The molecule has 1 amide bonds. The van der Waals surface area contributed by atoms with E-state index in [0.717, 1.165) is 15.8 Å². The zero-order valence-electron chi connectivity index (χ0n) is 11.6. The lowest BCUT2D eigenvalue weighted by atomic mass is 10.2. The Kier molecular flexibility index (Phi) is 3.43. The van der Waals surface area contributed by atoms with Crippen LogP contribution in [0, 0.1) is 12.7 Å². The van der Waals surface area contributed by atoms with Crippen LogP contribution in [-0.4, -0.2) is 10.5 Å². The Hall–Kier alpha value is -2.27. The first-order chi connectivity index (χ1) is 10.1. The molecule has 0 saturated carbocycles. The highest BCUT2D eigenvalue weighted by atomic mass is 32.1. The summed E-state index contributed by atoms with van der Waals surface area (Å²) in [6.45, 7) is 2.02. The molecule has 3 nitrogen and oxygen atoms in total. The smallest absolute Gasteiger partial charge is 0.279 e. The maximum Gasteiger partial charge on any atom is 0.279 e. The van der Waals surface area contributed by atoms with E-state index < -0.39 is 11.7 Å². The molecule has 0 radical (unpaired) electrons. The summed E-state index contributed by atoms with van der Waals surface area (Å²) in [7, 11) is 1.88. The quantitative estimate of drug-likeness (QED) is 0.678. The van der Waals surface area contributed by atoms with Gasteiger partial charge in [-0.1, -0.05) is 29.5 Å². The monoisotopic (exact) mass is 300 g/mol. The van der Waals surface area contributed by atoms with Crippen LogP contribution in [0.1, 0.15) is 15.9 Å². The van der Waals surface area contributed by atoms with E-state index in [9.17, 15) is 9.18 Å². The molecule has 21 heavy (non-hydrogen) atoms. The highest BCUT2D eigenvalue weighted by Crippen LogP contribution is 2.19. The third-order valence-electron chi connectivity index (χ3n) is 3.29. The minimum absolute atomic E-state index is 0.254. The van der Waals surface area contributed by atoms with Crippen molar-refractivity contribution in [2.24, 2.45) is 12.0 Å². The van der Waals surface area contributed by atoms with E-state index in [-0.39, 0.29) is 5.56 Å². The van der Waals surface area contributed by atoms with Crippen molar-refractivity contribution in [3.8, 4) is 0 Å². The molecule has 3 aromatic rings. The highest BCUT2D eigenvalue weighted by Gasteiger charge is 2.08. The Bertz CT molecular complexity index is 908. The van der Waals surface area contributed by atoms with Crippen molar-refractivity contribution in [2.75, 3.05) is 0 Å². The van der Waals surface area contributed by atoms with Crippen molar-refractivity contribution in [3.63, 3.8) is 0 Å². The SMILES string of the molecule is Cc1cccc2sc(=NC(=O)c3cccc(F)c3)n(C)c12. The molecule has 0 aliphatic carbocycles. The van der Waals surface area contributed by atoms with Crippen LogP contribution in [0.3, 0.4) is 0 Å². The van der Waals surface area contributed by atoms with Crippen LogP contribution in [0.5, 0.6) is 0 Å². The number of amides is 1. The average molecular weight is 300 g/mol. The average Bonchev–Trinajstić information content (AvgIpc) is 2.77. The van der Waals surface area contributed by atoms with Crippen molar-refractivity contribution < 1.29 is 9.18 Å². The molecular formula is C16H13FN2OS. The molecule has 2 aromatic carbocycles. The van der Waals surface area contributed by atoms with Gasteiger partial charge >= 0.3 is 0 Å². The molecule has 0 aliphatic heterocycles. The van der Waals surface area contributed by atoms with Crippen LogP contribution >= 0.6 is 11.3 Å². The lowest BCUT2D eigenvalue weighted by molar-refractivity contribution is 0.0997. The molecule has 0 bridgehead atoms. The molecule has 5 heteroatoms. The number of benzene rings is 2. The van der Waals surface area contributed by atoms with Crippen LogP contribution in [0.25, 0.3) is 10.2 Å². The summed E-state index contributed by atoms with van der Waals surface area (Å²) in [5, 5.41) is 0.